The van der Waals surface area contributed by atoms with Crippen LogP contribution in [0.3, 0.4) is 0 Å². The minimum absolute atomic E-state index is 0.0593. The number of nitrogens with one attached hydrogen (secondary N) is 1. The van der Waals surface area contributed by atoms with E-state index in [-0.39, 0.29) is 31.2 Å². The number of urea groups is 1. The molecule has 1 fully saturated rings. The largest absolute Gasteiger partial charge is 0.454 e. The lowest BCUT2D eigenvalue weighted by atomic mass is 10.2. The molecule has 140 valence electrons. The number of aryl methyl sites for hydroxylation is 2. The Hall–Kier alpha value is -3.36. The van der Waals surface area contributed by atoms with Gasteiger partial charge in [-0.1, -0.05) is 0 Å². The topological polar surface area (TPSA) is 96.9 Å². The fourth-order valence-electron chi connectivity index (χ4n) is 3.14. The van der Waals surface area contributed by atoms with Crippen LogP contribution in [0.1, 0.15) is 11.4 Å². The summed E-state index contributed by atoms with van der Waals surface area (Å²) in [7, 11) is 0. The predicted molar refractivity (Wildman–Crippen MR) is 97.0 cm³/mol. The maximum Gasteiger partial charge on any atom is 0.325 e. The Balaban J connectivity index is 1.40. The normalized spacial score (nSPS) is 15.4. The van der Waals surface area contributed by atoms with E-state index in [1.165, 1.54) is 4.90 Å². The van der Waals surface area contributed by atoms with E-state index >= 15 is 0 Å². The summed E-state index contributed by atoms with van der Waals surface area (Å²) in [5.41, 5.74) is 2.25. The maximum absolute atomic E-state index is 12.7. The van der Waals surface area contributed by atoms with Crippen LogP contribution in [0, 0.1) is 13.8 Å². The first-order valence-electron chi connectivity index (χ1n) is 8.58. The molecule has 1 aromatic heterocycles. The van der Waals surface area contributed by atoms with Crippen LogP contribution >= 0.6 is 0 Å². The van der Waals surface area contributed by atoms with Crippen LogP contribution in [-0.2, 0) is 4.79 Å². The zero-order valence-corrected chi connectivity index (χ0v) is 15.1. The van der Waals surface area contributed by atoms with Crippen molar-refractivity contribution in [1.29, 1.82) is 0 Å². The third-order valence-electron chi connectivity index (χ3n) is 4.33. The molecule has 3 amide bonds. The lowest BCUT2D eigenvalue weighted by Crippen LogP contribution is -2.37. The number of aromatic nitrogens is 2. The molecule has 9 heteroatoms. The molecule has 0 aliphatic carbocycles. The molecule has 3 heterocycles. The van der Waals surface area contributed by atoms with Crippen LogP contribution in [0.4, 0.5) is 16.4 Å². The number of hydrogen-bond donors (Lipinski definition) is 1. The highest BCUT2D eigenvalue weighted by molar-refractivity contribution is 5.99. The summed E-state index contributed by atoms with van der Waals surface area (Å²) in [5, 5.41) is 2.65. The number of carbonyl (C=O) groups is 2. The summed E-state index contributed by atoms with van der Waals surface area (Å²) >= 11 is 0. The second kappa shape index (κ2) is 6.75. The molecule has 1 aromatic carbocycles. The summed E-state index contributed by atoms with van der Waals surface area (Å²) < 4.78 is 10.6. The summed E-state index contributed by atoms with van der Waals surface area (Å²) in [6.45, 7) is 4.73. The SMILES string of the molecule is Cc1cc(C)nc(NC(=O)CN2CCN(c3ccc4c(c3)OCO4)C2=O)n1. The molecule has 2 aromatic rings. The zero-order valence-electron chi connectivity index (χ0n) is 15.1. The van der Waals surface area contributed by atoms with Gasteiger partial charge in [-0.2, -0.15) is 0 Å². The number of hydrogen-bond acceptors (Lipinski definition) is 6. The molecule has 0 radical (unpaired) electrons. The number of fused-ring (bicyclic) bond motifs is 1. The van der Waals surface area contributed by atoms with Crippen molar-refractivity contribution in [3.63, 3.8) is 0 Å². The average molecular weight is 369 g/mol. The van der Waals surface area contributed by atoms with Crippen molar-refractivity contribution in [2.45, 2.75) is 13.8 Å². The van der Waals surface area contributed by atoms with E-state index in [2.05, 4.69) is 15.3 Å². The maximum atomic E-state index is 12.7. The van der Waals surface area contributed by atoms with Gasteiger partial charge in [0.05, 0.1) is 0 Å². The molecular formula is C18H19N5O4. The molecule has 0 atom stereocenters. The van der Waals surface area contributed by atoms with Crippen LogP contribution in [-0.4, -0.2) is 53.2 Å². The first-order chi connectivity index (χ1) is 13.0. The van der Waals surface area contributed by atoms with Gasteiger partial charge in [0.1, 0.15) is 6.54 Å². The van der Waals surface area contributed by atoms with E-state index in [1.54, 1.807) is 23.1 Å². The van der Waals surface area contributed by atoms with E-state index in [4.69, 9.17) is 9.47 Å². The second-order valence-corrected chi connectivity index (χ2v) is 6.42. The average Bonchev–Trinajstić information content (AvgIpc) is 3.20. The van der Waals surface area contributed by atoms with E-state index in [1.807, 2.05) is 19.9 Å². The zero-order chi connectivity index (χ0) is 19.0. The van der Waals surface area contributed by atoms with Crippen LogP contribution in [0.2, 0.25) is 0 Å². The van der Waals surface area contributed by atoms with Crippen molar-refractivity contribution >= 4 is 23.6 Å². The Morgan fingerprint density at radius 1 is 1.11 bits per heavy atom. The van der Waals surface area contributed by atoms with E-state index in [0.717, 1.165) is 11.4 Å². The summed E-state index contributed by atoms with van der Waals surface area (Å²) in [6, 6.07) is 6.94. The van der Waals surface area contributed by atoms with Gasteiger partial charge >= 0.3 is 6.03 Å². The van der Waals surface area contributed by atoms with Gasteiger partial charge in [-0.05, 0) is 32.0 Å². The Labute approximate surface area is 155 Å². The number of amides is 3. The van der Waals surface area contributed by atoms with Crippen molar-refractivity contribution in [2.75, 3.05) is 36.6 Å². The first-order valence-corrected chi connectivity index (χ1v) is 8.58. The second-order valence-electron chi connectivity index (χ2n) is 6.42. The highest BCUT2D eigenvalue weighted by Gasteiger charge is 2.31. The van der Waals surface area contributed by atoms with Gasteiger partial charge in [-0.15, -0.1) is 0 Å². The van der Waals surface area contributed by atoms with E-state index < -0.39 is 0 Å². The number of nitrogens with zero attached hydrogens (tertiary/aromatic N) is 4. The molecule has 0 spiro atoms. The van der Waals surface area contributed by atoms with Crippen molar-refractivity contribution in [3.05, 3.63) is 35.7 Å². The quantitative estimate of drug-likeness (QED) is 0.881. The van der Waals surface area contributed by atoms with Gasteiger partial charge in [-0.3, -0.25) is 15.0 Å². The number of carbonyl (C=O) groups excluding carboxylic acids is 2. The fourth-order valence-corrected chi connectivity index (χ4v) is 3.14. The number of benzene rings is 1. The highest BCUT2D eigenvalue weighted by atomic mass is 16.7. The highest BCUT2D eigenvalue weighted by Crippen LogP contribution is 2.36. The number of ether oxygens (including phenoxy) is 2. The molecule has 0 bridgehead atoms. The Morgan fingerprint density at radius 2 is 1.85 bits per heavy atom. The van der Waals surface area contributed by atoms with Gasteiger partial charge in [0.15, 0.2) is 11.5 Å². The van der Waals surface area contributed by atoms with Gasteiger partial charge in [0.25, 0.3) is 0 Å². The molecular weight excluding hydrogens is 350 g/mol. The predicted octanol–water partition coefficient (Wildman–Crippen LogP) is 1.70. The van der Waals surface area contributed by atoms with E-state index in [9.17, 15) is 9.59 Å². The van der Waals surface area contributed by atoms with Gasteiger partial charge in [0, 0.05) is 36.2 Å². The molecule has 1 N–H and O–H groups in total. The molecule has 4 rings (SSSR count). The number of rotatable bonds is 4. The van der Waals surface area contributed by atoms with Crippen LogP contribution < -0.4 is 19.7 Å². The standard InChI is InChI=1S/C18H19N5O4/c1-11-7-12(2)20-17(19-11)21-16(24)9-22-5-6-23(18(22)25)13-3-4-14-15(8-13)27-10-26-14/h3-4,7-8H,5-6,9-10H2,1-2H3,(H,19,20,21,24). The fraction of sp³-hybridized carbons (Fsp3) is 0.333. The molecule has 2 aliphatic heterocycles. The Morgan fingerprint density at radius 3 is 2.63 bits per heavy atom. The van der Waals surface area contributed by atoms with Crippen LogP contribution in [0.15, 0.2) is 24.3 Å². The minimum atomic E-state index is -0.333. The van der Waals surface area contributed by atoms with E-state index in [0.29, 0.717) is 30.3 Å². The van der Waals surface area contributed by atoms with Gasteiger partial charge < -0.3 is 14.4 Å². The summed E-state index contributed by atoms with van der Waals surface area (Å²) in [6.07, 6.45) is 0. The van der Waals surface area contributed by atoms with Crippen molar-refractivity contribution in [3.8, 4) is 11.5 Å². The summed E-state index contributed by atoms with van der Waals surface area (Å²) in [4.78, 5) is 36.4. The first kappa shape index (κ1) is 17.1. The number of anilines is 2. The summed E-state index contributed by atoms with van der Waals surface area (Å²) in [5.74, 6) is 1.19. The molecule has 0 unspecified atom stereocenters. The van der Waals surface area contributed by atoms with Crippen molar-refractivity contribution < 1.29 is 19.1 Å². The molecule has 2 aliphatic rings. The monoisotopic (exact) mass is 369 g/mol. The smallest absolute Gasteiger partial charge is 0.325 e. The lowest BCUT2D eigenvalue weighted by molar-refractivity contribution is -0.116. The third kappa shape index (κ3) is 3.48. The third-order valence-corrected chi connectivity index (χ3v) is 4.33. The van der Waals surface area contributed by atoms with Gasteiger partial charge in [0.2, 0.25) is 18.6 Å². The molecule has 9 nitrogen and oxygen atoms in total. The van der Waals surface area contributed by atoms with Gasteiger partial charge in [-0.25, -0.2) is 14.8 Å². The molecule has 27 heavy (non-hydrogen) atoms. The van der Waals surface area contributed by atoms with Crippen molar-refractivity contribution in [2.24, 2.45) is 0 Å². The lowest BCUT2D eigenvalue weighted by Gasteiger charge is -2.18. The van der Waals surface area contributed by atoms with Crippen LogP contribution in [0.5, 0.6) is 11.5 Å². The van der Waals surface area contributed by atoms with Crippen LogP contribution in [0.25, 0.3) is 0 Å². The minimum Gasteiger partial charge on any atom is -0.454 e. The molecule has 0 saturated carbocycles. The Kier molecular flexibility index (Phi) is 4.27. The Bertz CT molecular complexity index is 896. The van der Waals surface area contributed by atoms with Crippen molar-refractivity contribution in [1.82, 2.24) is 14.9 Å². The molecule has 1 saturated heterocycles.